The first kappa shape index (κ1) is 18.4. The zero-order chi connectivity index (χ0) is 20.1. The molecule has 0 saturated carbocycles. The number of anilines is 1. The first-order chi connectivity index (χ1) is 14.0. The third-order valence-corrected chi connectivity index (χ3v) is 5.86. The second-order valence-corrected chi connectivity index (χ2v) is 8.00. The van der Waals surface area contributed by atoms with Crippen LogP contribution in [-0.2, 0) is 4.74 Å². The summed E-state index contributed by atoms with van der Waals surface area (Å²) in [5.74, 6) is 1.93. The lowest BCUT2D eigenvalue weighted by Gasteiger charge is -2.36. The van der Waals surface area contributed by atoms with Crippen molar-refractivity contribution in [2.75, 3.05) is 31.2 Å². The first-order valence-electron chi connectivity index (χ1n) is 9.99. The lowest BCUT2D eigenvalue weighted by atomic mass is 9.87. The summed E-state index contributed by atoms with van der Waals surface area (Å²) in [4.78, 5) is 11.1. The van der Waals surface area contributed by atoms with E-state index in [0.29, 0.717) is 37.8 Å². The second-order valence-electron chi connectivity index (χ2n) is 8.00. The van der Waals surface area contributed by atoms with Crippen LogP contribution in [0.3, 0.4) is 0 Å². The maximum Gasteiger partial charge on any atom is 0.159 e. The van der Waals surface area contributed by atoms with Crippen molar-refractivity contribution in [1.82, 2.24) is 19.7 Å². The van der Waals surface area contributed by atoms with Crippen molar-refractivity contribution in [3.63, 3.8) is 0 Å². The minimum Gasteiger partial charge on any atom is -0.389 e. The van der Waals surface area contributed by atoms with Gasteiger partial charge in [0.2, 0.25) is 0 Å². The highest BCUT2D eigenvalue weighted by Crippen LogP contribution is 2.34. The van der Waals surface area contributed by atoms with Crippen LogP contribution in [-0.4, -0.2) is 63.4 Å². The van der Waals surface area contributed by atoms with Gasteiger partial charge in [-0.15, -0.1) is 0 Å². The van der Waals surface area contributed by atoms with Crippen molar-refractivity contribution >= 4 is 16.7 Å². The number of nitrogens with zero attached hydrogens (tertiary/aromatic N) is 5. The molecule has 2 fully saturated rings. The summed E-state index contributed by atoms with van der Waals surface area (Å²) in [7, 11) is 0. The Morgan fingerprint density at radius 3 is 2.69 bits per heavy atom. The molecule has 0 amide bonds. The van der Waals surface area contributed by atoms with Crippen molar-refractivity contribution in [2.24, 2.45) is 0 Å². The Bertz CT molecular complexity index is 1060. The van der Waals surface area contributed by atoms with E-state index in [4.69, 9.17) is 4.74 Å². The summed E-state index contributed by atoms with van der Waals surface area (Å²) < 4.78 is 21.6. The number of benzene rings is 1. The van der Waals surface area contributed by atoms with Gasteiger partial charge in [0.15, 0.2) is 5.82 Å². The second kappa shape index (κ2) is 7.03. The van der Waals surface area contributed by atoms with Crippen molar-refractivity contribution in [3.05, 3.63) is 41.3 Å². The molecule has 0 radical (unpaired) electrons. The average molecular weight is 397 g/mol. The van der Waals surface area contributed by atoms with Crippen LogP contribution in [0.2, 0.25) is 0 Å². The highest BCUT2D eigenvalue weighted by Gasteiger charge is 2.29. The van der Waals surface area contributed by atoms with Gasteiger partial charge in [0, 0.05) is 37.1 Å². The Hall–Kier alpha value is -2.58. The van der Waals surface area contributed by atoms with Crippen LogP contribution in [0.5, 0.6) is 0 Å². The molecule has 0 spiro atoms. The average Bonchev–Trinajstić information content (AvgIpc) is 3.07. The number of halogens is 1. The summed E-state index contributed by atoms with van der Waals surface area (Å²) in [6.45, 7) is 5.74. The number of aliphatic hydroxyl groups excluding tert-OH is 1. The van der Waals surface area contributed by atoms with Gasteiger partial charge in [-0.1, -0.05) is 0 Å². The lowest BCUT2D eigenvalue weighted by Crippen LogP contribution is -2.51. The SMILES string of the molecule is Cc1nc(N2CC(O)C2)cc(-n2ncc3cc(C)c(C4CCOCC4F)cc32)n1. The number of β-amino-alcohol motifs (C(OH)–C–C–N with tert-alkyl or cyclic N) is 1. The summed E-state index contributed by atoms with van der Waals surface area (Å²) in [6, 6.07) is 6.00. The monoisotopic (exact) mass is 397 g/mol. The first-order valence-corrected chi connectivity index (χ1v) is 9.99. The van der Waals surface area contributed by atoms with Crippen molar-refractivity contribution in [2.45, 2.75) is 38.5 Å². The molecule has 2 unspecified atom stereocenters. The summed E-state index contributed by atoms with van der Waals surface area (Å²) in [5.41, 5.74) is 2.98. The summed E-state index contributed by atoms with van der Waals surface area (Å²) in [5, 5.41) is 15.1. The smallest absolute Gasteiger partial charge is 0.159 e. The lowest BCUT2D eigenvalue weighted by molar-refractivity contribution is 0.0217. The molecule has 3 aromatic rings. The van der Waals surface area contributed by atoms with Gasteiger partial charge in [0.1, 0.15) is 17.8 Å². The predicted molar refractivity (Wildman–Crippen MR) is 107 cm³/mol. The van der Waals surface area contributed by atoms with Gasteiger partial charge < -0.3 is 14.7 Å². The highest BCUT2D eigenvalue weighted by atomic mass is 19.1. The van der Waals surface area contributed by atoms with Crippen LogP contribution >= 0.6 is 0 Å². The minimum atomic E-state index is -0.998. The molecule has 8 heteroatoms. The molecular formula is C21H24FN5O2. The Balaban J connectivity index is 1.58. The van der Waals surface area contributed by atoms with Gasteiger partial charge in [-0.2, -0.15) is 5.10 Å². The molecule has 1 aromatic carbocycles. The zero-order valence-corrected chi connectivity index (χ0v) is 16.5. The molecule has 0 bridgehead atoms. The number of aromatic nitrogens is 4. The van der Waals surface area contributed by atoms with Crippen LogP contribution in [0.25, 0.3) is 16.7 Å². The number of aryl methyl sites for hydroxylation is 2. The Morgan fingerprint density at radius 2 is 1.93 bits per heavy atom. The molecule has 7 nitrogen and oxygen atoms in total. The molecule has 29 heavy (non-hydrogen) atoms. The number of alkyl halides is 1. The van der Waals surface area contributed by atoms with E-state index < -0.39 is 6.17 Å². The van der Waals surface area contributed by atoms with E-state index in [-0.39, 0.29) is 18.6 Å². The number of rotatable bonds is 3. The molecule has 2 saturated heterocycles. The number of hydrogen-bond donors (Lipinski definition) is 1. The Labute approximate surface area is 168 Å². The molecular weight excluding hydrogens is 373 g/mol. The fourth-order valence-electron chi connectivity index (χ4n) is 4.29. The van der Waals surface area contributed by atoms with Crippen molar-refractivity contribution in [1.29, 1.82) is 0 Å². The van der Waals surface area contributed by atoms with Gasteiger partial charge in [-0.25, -0.2) is 19.0 Å². The van der Waals surface area contributed by atoms with Gasteiger partial charge in [0.05, 0.1) is 24.4 Å². The van der Waals surface area contributed by atoms with E-state index in [1.807, 2.05) is 37.1 Å². The Morgan fingerprint density at radius 1 is 1.14 bits per heavy atom. The quantitative estimate of drug-likeness (QED) is 0.732. The van der Waals surface area contributed by atoms with Gasteiger partial charge in [0.25, 0.3) is 0 Å². The van der Waals surface area contributed by atoms with Gasteiger partial charge >= 0.3 is 0 Å². The van der Waals surface area contributed by atoms with Gasteiger partial charge in [-0.3, -0.25) is 0 Å². The molecule has 2 aliphatic heterocycles. The van der Waals surface area contributed by atoms with E-state index >= 15 is 0 Å². The van der Waals surface area contributed by atoms with Crippen molar-refractivity contribution in [3.8, 4) is 5.82 Å². The van der Waals surface area contributed by atoms with E-state index in [1.165, 1.54) is 0 Å². The topological polar surface area (TPSA) is 76.3 Å². The predicted octanol–water partition coefficient (Wildman–Crippen LogP) is 2.46. The zero-order valence-electron chi connectivity index (χ0n) is 16.5. The Kier molecular flexibility index (Phi) is 4.48. The number of fused-ring (bicyclic) bond motifs is 1. The standard InChI is InChI=1S/C21H24FN5O2/c1-12-5-14-8-23-27(19(14)6-17(12)16-3-4-29-11-18(16)22)21-7-20(24-13(2)25-21)26-9-15(28)10-26/h5-8,15-16,18,28H,3-4,9-11H2,1-2H3. The van der Waals surface area contributed by atoms with Gasteiger partial charge in [-0.05, 0) is 43.5 Å². The van der Waals surface area contributed by atoms with Crippen LogP contribution in [0.4, 0.5) is 10.2 Å². The maximum absolute atomic E-state index is 14.5. The fourth-order valence-corrected chi connectivity index (χ4v) is 4.29. The third kappa shape index (κ3) is 3.26. The molecule has 4 heterocycles. The molecule has 2 aliphatic rings. The van der Waals surface area contributed by atoms with Crippen LogP contribution in [0.1, 0.15) is 29.3 Å². The van der Waals surface area contributed by atoms with E-state index in [9.17, 15) is 9.50 Å². The molecule has 1 N–H and O–H groups in total. The number of aliphatic hydroxyl groups is 1. The molecule has 5 rings (SSSR count). The van der Waals surface area contributed by atoms with E-state index in [1.54, 1.807) is 4.68 Å². The normalized spacial score (nSPS) is 22.8. The molecule has 2 atom stereocenters. The summed E-state index contributed by atoms with van der Waals surface area (Å²) >= 11 is 0. The van der Waals surface area contributed by atoms with Crippen LogP contribution in [0.15, 0.2) is 24.4 Å². The number of hydrogen-bond acceptors (Lipinski definition) is 6. The molecule has 0 aliphatic carbocycles. The largest absolute Gasteiger partial charge is 0.389 e. The molecule has 152 valence electrons. The fraction of sp³-hybridized carbons (Fsp3) is 0.476. The highest BCUT2D eigenvalue weighted by molar-refractivity contribution is 5.82. The molecule has 2 aromatic heterocycles. The van der Waals surface area contributed by atoms with Crippen LogP contribution < -0.4 is 4.90 Å². The summed E-state index contributed by atoms with van der Waals surface area (Å²) in [6.07, 6.45) is 1.18. The van der Waals surface area contributed by atoms with Crippen molar-refractivity contribution < 1.29 is 14.2 Å². The minimum absolute atomic E-state index is 0.150. The van der Waals surface area contributed by atoms with E-state index in [0.717, 1.165) is 27.8 Å². The maximum atomic E-state index is 14.5. The van der Waals surface area contributed by atoms with Crippen LogP contribution in [0, 0.1) is 13.8 Å². The third-order valence-electron chi connectivity index (χ3n) is 5.86. The van der Waals surface area contributed by atoms with E-state index in [2.05, 4.69) is 21.1 Å². The number of ether oxygens (including phenoxy) is 1.